The van der Waals surface area contributed by atoms with Crippen molar-refractivity contribution in [3.63, 3.8) is 0 Å². The van der Waals surface area contributed by atoms with Gasteiger partial charge in [0.1, 0.15) is 5.75 Å². The Morgan fingerprint density at radius 2 is 2.40 bits per heavy atom. The zero-order valence-electron chi connectivity index (χ0n) is 8.25. The highest BCUT2D eigenvalue weighted by Gasteiger charge is 2.14. The third-order valence-electron chi connectivity index (χ3n) is 2.33. The van der Waals surface area contributed by atoms with Gasteiger partial charge in [-0.05, 0) is 23.8 Å². The lowest BCUT2D eigenvalue weighted by Crippen LogP contribution is -2.25. The molecular weight excluding hydrogens is 258 g/mol. The molecule has 80 valence electrons. The van der Waals surface area contributed by atoms with Gasteiger partial charge in [0, 0.05) is 23.9 Å². The van der Waals surface area contributed by atoms with E-state index in [1.54, 1.807) is 6.07 Å². The second-order valence-corrected chi connectivity index (χ2v) is 4.16. The molecule has 0 fully saturated rings. The van der Waals surface area contributed by atoms with Gasteiger partial charge in [-0.2, -0.15) is 0 Å². The van der Waals surface area contributed by atoms with Gasteiger partial charge in [-0.1, -0.05) is 15.9 Å². The summed E-state index contributed by atoms with van der Waals surface area (Å²) in [5, 5.41) is 3.58. The van der Waals surface area contributed by atoms with Crippen molar-refractivity contribution < 1.29 is 9.53 Å². The minimum Gasteiger partial charge on any atom is -0.493 e. The molecule has 1 heterocycles. The van der Waals surface area contributed by atoms with E-state index < -0.39 is 0 Å². The fourth-order valence-electron chi connectivity index (χ4n) is 1.59. The second kappa shape index (κ2) is 4.66. The molecule has 0 aliphatic carbocycles. The van der Waals surface area contributed by atoms with Crippen LogP contribution in [0, 0.1) is 0 Å². The van der Waals surface area contributed by atoms with Gasteiger partial charge >= 0.3 is 0 Å². The molecule has 0 saturated heterocycles. The normalized spacial score (nSPS) is 13.1. The number of benzene rings is 1. The Labute approximate surface area is 96.9 Å². The SMILES string of the molecule is O=C(NCCBr)c1ccc2c(c1)CCO2. The highest BCUT2D eigenvalue weighted by molar-refractivity contribution is 9.09. The van der Waals surface area contributed by atoms with E-state index in [0.29, 0.717) is 12.1 Å². The minimum absolute atomic E-state index is 0.0239. The summed E-state index contributed by atoms with van der Waals surface area (Å²) in [6.07, 6.45) is 0.898. The molecule has 1 N–H and O–H groups in total. The van der Waals surface area contributed by atoms with Crippen molar-refractivity contribution in [1.29, 1.82) is 0 Å². The molecule has 0 spiro atoms. The average molecular weight is 270 g/mol. The van der Waals surface area contributed by atoms with Crippen LogP contribution in [0.25, 0.3) is 0 Å². The summed E-state index contributed by atoms with van der Waals surface area (Å²) in [6.45, 7) is 1.37. The summed E-state index contributed by atoms with van der Waals surface area (Å²) < 4.78 is 5.38. The van der Waals surface area contributed by atoms with Crippen molar-refractivity contribution in [2.24, 2.45) is 0 Å². The number of alkyl halides is 1. The van der Waals surface area contributed by atoms with E-state index in [2.05, 4.69) is 21.2 Å². The lowest BCUT2D eigenvalue weighted by atomic mass is 10.1. The van der Waals surface area contributed by atoms with Gasteiger partial charge in [0.15, 0.2) is 0 Å². The van der Waals surface area contributed by atoms with E-state index in [-0.39, 0.29) is 5.91 Å². The predicted octanol–water partition coefficient (Wildman–Crippen LogP) is 1.75. The van der Waals surface area contributed by atoms with Crippen LogP contribution in [0.5, 0.6) is 5.75 Å². The van der Waals surface area contributed by atoms with Crippen molar-refractivity contribution in [3.05, 3.63) is 29.3 Å². The van der Waals surface area contributed by atoms with E-state index in [1.165, 1.54) is 0 Å². The lowest BCUT2D eigenvalue weighted by molar-refractivity contribution is 0.0956. The molecular formula is C11H12BrNO2. The lowest BCUT2D eigenvalue weighted by Gasteiger charge is -2.04. The van der Waals surface area contributed by atoms with Crippen LogP contribution in [-0.4, -0.2) is 24.4 Å². The average Bonchev–Trinajstić information content (AvgIpc) is 2.72. The molecule has 1 aromatic carbocycles. The molecule has 0 atom stereocenters. The highest BCUT2D eigenvalue weighted by Crippen LogP contribution is 2.25. The Morgan fingerprint density at radius 1 is 1.53 bits per heavy atom. The molecule has 0 aromatic heterocycles. The number of fused-ring (bicyclic) bond motifs is 1. The molecule has 1 aromatic rings. The summed E-state index contributed by atoms with van der Waals surface area (Å²) in [5.74, 6) is 0.885. The van der Waals surface area contributed by atoms with Crippen LogP contribution in [0.2, 0.25) is 0 Å². The van der Waals surface area contributed by atoms with Crippen molar-refractivity contribution in [2.45, 2.75) is 6.42 Å². The number of nitrogens with one attached hydrogen (secondary N) is 1. The van der Waals surface area contributed by atoms with E-state index in [0.717, 1.165) is 29.7 Å². The Morgan fingerprint density at radius 3 is 3.20 bits per heavy atom. The number of halogens is 1. The van der Waals surface area contributed by atoms with Crippen molar-refractivity contribution >= 4 is 21.8 Å². The zero-order chi connectivity index (χ0) is 10.7. The molecule has 1 amide bonds. The summed E-state index contributed by atoms with van der Waals surface area (Å²) in [7, 11) is 0. The Hall–Kier alpha value is -1.03. The Balaban J connectivity index is 2.12. The van der Waals surface area contributed by atoms with E-state index >= 15 is 0 Å². The number of hydrogen-bond acceptors (Lipinski definition) is 2. The van der Waals surface area contributed by atoms with Crippen LogP contribution in [0.3, 0.4) is 0 Å². The molecule has 1 aliphatic rings. The van der Waals surface area contributed by atoms with Crippen LogP contribution in [-0.2, 0) is 6.42 Å². The van der Waals surface area contributed by atoms with Gasteiger partial charge in [-0.3, -0.25) is 4.79 Å². The molecule has 15 heavy (non-hydrogen) atoms. The largest absolute Gasteiger partial charge is 0.493 e. The first-order valence-electron chi connectivity index (χ1n) is 4.91. The third kappa shape index (κ3) is 2.31. The maximum atomic E-state index is 11.6. The van der Waals surface area contributed by atoms with Gasteiger partial charge in [0.25, 0.3) is 5.91 Å². The molecule has 0 unspecified atom stereocenters. The van der Waals surface area contributed by atoms with E-state index in [4.69, 9.17) is 4.74 Å². The number of hydrogen-bond donors (Lipinski definition) is 1. The van der Waals surface area contributed by atoms with E-state index in [1.807, 2.05) is 12.1 Å². The van der Waals surface area contributed by atoms with Crippen LogP contribution >= 0.6 is 15.9 Å². The first-order valence-corrected chi connectivity index (χ1v) is 6.03. The molecule has 4 heteroatoms. The fraction of sp³-hybridized carbons (Fsp3) is 0.364. The summed E-state index contributed by atoms with van der Waals surface area (Å²) in [5.41, 5.74) is 1.83. The van der Waals surface area contributed by atoms with Gasteiger partial charge in [-0.25, -0.2) is 0 Å². The molecule has 0 radical (unpaired) electrons. The summed E-state index contributed by atoms with van der Waals surface area (Å²) in [4.78, 5) is 11.6. The van der Waals surface area contributed by atoms with Crippen LogP contribution in [0.4, 0.5) is 0 Å². The number of carbonyl (C=O) groups is 1. The first kappa shape index (κ1) is 10.5. The monoisotopic (exact) mass is 269 g/mol. The van der Waals surface area contributed by atoms with Gasteiger partial charge in [0.05, 0.1) is 6.61 Å². The van der Waals surface area contributed by atoms with Crippen molar-refractivity contribution in [1.82, 2.24) is 5.32 Å². The molecule has 1 aliphatic heterocycles. The molecule has 2 rings (SSSR count). The fourth-order valence-corrected chi connectivity index (χ4v) is 1.79. The summed E-state index contributed by atoms with van der Waals surface area (Å²) in [6, 6.07) is 5.57. The van der Waals surface area contributed by atoms with Crippen LogP contribution in [0.1, 0.15) is 15.9 Å². The van der Waals surface area contributed by atoms with Crippen LogP contribution < -0.4 is 10.1 Å². The molecule has 3 nitrogen and oxygen atoms in total. The first-order chi connectivity index (χ1) is 7.31. The third-order valence-corrected chi connectivity index (χ3v) is 2.73. The Kier molecular flexibility index (Phi) is 3.26. The number of rotatable bonds is 3. The highest BCUT2D eigenvalue weighted by atomic mass is 79.9. The quantitative estimate of drug-likeness (QED) is 0.850. The minimum atomic E-state index is -0.0239. The van der Waals surface area contributed by atoms with Gasteiger partial charge in [0.2, 0.25) is 0 Å². The second-order valence-electron chi connectivity index (χ2n) is 3.37. The molecule has 0 saturated carbocycles. The van der Waals surface area contributed by atoms with E-state index in [9.17, 15) is 4.79 Å². The molecule has 0 bridgehead atoms. The Bertz CT molecular complexity index is 379. The van der Waals surface area contributed by atoms with Crippen molar-refractivity contribution in [3.8, 4) is 5.75 Å². The number of ether oxygens (including phenoxy) is 1. The topological polar surface area (TPSA) is 38.3 Å². The van der Waals surface area contributed by atoms with Gasteiger partial charge < -0.3 is 10.1 Å². The maximum absolute atomic E-state index is 11.6. The summed E-state index contributed by atoms with van der Waals surface area (Å²) >= 11 is 3.27. The van der Waals surface area contributed by atoms with Crippen LogP contribution in [0.15, 0.2) is 18.2 Å². The number of carbonyl (C=O) groups excluding carboxylic acids is 1. The predicted molar refractivity (Wildman–Crippen MR) is 61.8 cm³/mol. The zero-order valence-corrected chi connectivity index (χ0v) is 9.84. The maximum Gasteiger partial charge on any atom is 0.251 e. The van der Waals surface area contributed by atoms with Crippen molar-refractivity contribution in [2.75, 3.05) is 18.5 Å². The number of amides is 1. The smallest absolute Gasteiger partial charge is 0.251 e. The standard InChI is InChI=1S/C11H12BrNO2/c12-4-5-13-11(14)9-1-2-10-8(7-9)3-6-15-10/h1-2,7H,3-6H2,(H,13,14). The van der Waals surface area contributed by atoms with Gasteiger partial charge in [-0.15, -0.1) is 0 Å².